The van der Waals surface area contributed by atoms with Gasteiger partial charge in [-0.15, -0.1) is 0 Å². The van der Waals surface area contributed by atoms with Crippen molar-refractivity contribution >= 4 is 13.9 Å². The minimum atomic E-state index is -2.93. The lowest BCUT2D eigenvalue weighted by molar-refractivity contribution is -0.0208. The Morgan fingerprint density at radius 2 is 2.12 bits per heavy atom. The van der Waals surface area contributed by atoms with E-state index in [1.54, 1.807) is 13.1 Å². The summed E-state index contributed by atoms with van der Waals surface area (Å²) in [5, 5.41) is 6.10. The lowest BCUT2D eigenvalue weighted by Crippen LogP contribution is -2.49. The SMILES string of the molecule is CNCCCCCCC1C=CN(C2CC(OP(=O)=O)C(C)O2)C(=O)N1. The van der Waals surface area contributed by atoms with E-state index in [0.29, 0.717) is 6.42 Å². The number of hydrogen-bond donors (Lipinski definition) is 2. The number of hydrogen-bond acceptors (Lipinski definition) is 6. The number of unbranched alkanes of at least 4 members (excludes halogenated alkanes) is 3. The molecule has 0 aromatic rings. The van der Waals surface area contributed by atoms with Crippen LogP contribution < -0.4 is 10.6 Å². The van der Waals surface area contributed by atoms with E-state index in [9.17, 15) is 13.9 Å². The third kappa shape index (κ3) is 6.22. The van der Waals surface area contributed by atoms with Crippen LogP contribution >= 0.6 is 7.91 Å². The molecule has 0 spiro atoms. The fourth-order valence-electron chi connectivity index (χ4n) is 3.16. The van der Waals surface area contributed by atoms with Gasteiger partial charge in [-0.25, -0.2) is 13.9 Å². The van der Waals surface area contributed by atoms with Gasteiger partial charge in [0.25, 0.3) is 0 Å². The second kappa shape index (κ2) is 10.1. The average Bonchev–Trinajstić information content (AvgIpc) is 2.90. The lowest BCUT2D eigenvalue weighted by Gasteiger charge is -2.31. The van der Waals surface area contributed by atoms with Gasteiger partial charge in [-0.2, -0.15) is 0 Å². The van der Waals surface area contributed by atoms with Crippen molar-refractivity contribution in [2.24, 2.45) is 0 Å². The molecular weight excluding hydrogens is 345 g/mol. The Morgan fingerprint density at radius 1 is 1.36 bits per heavy atom. The summed E-state index contributed by atoms with van der Waals surface area (Å²) in [5.41, 5.74) is 0. The smallest absolute Gasteiger partial charge is 0.352 e. The van der Waals surface area contributed by atoms with E-state index >= 15 is 0 Å². The highest BCUT2D eigenvalue weighted by Gasteiger charge is 2.39. The van der Waals surface area contributed by atoms with Crippen LogP contribution in [0.2, 0.25) is 0 Å². The zero-order chi connectivity index (χ0) is 18.2. The van der Waals surface area contributed by atoms with E-state index in [1.165, 1.54) is 17.7 Å². The summed E-state index contributed by atoms with van der Waals surface area (Å²) in [6, 6.07) is -0.179. The van der Waals surface area contributed by atoms with Crippen molar-refractivity contribution < 1.29 is 23.2 Å². The highest BCUT2D eigenvalue weighted by atomic mass is 31.1. The first-order valence-corrected chi connectivity index (χ1v) is 9.99. The van der Waals surface area contributed by atoms with E-state index < -0.39 is 20.2 Å². The molecule has 2 rings (SSSR count). The molecule has 4 unspecified atom stereocenters. The van der Waals surface area contributed by atoms with Gasteiger partial charge in [-0.05, 0) is 39.4 Å². The van der Waals surface area contributed by atoms with E-state index in [2.05, 4.69) is 10.6 Å². The second-order valence-corrected chi connectivity index (χ2v) is 7.17. The maximum atomic E-state index is 12.3. The third-order valence-electron chi connectivity index (χ3n) is 4.58. The van der Waals surface area contributed by atoms with Crippen molar-refractivity contribution in [2.75, 3.05) is 13.6 Å². The van der Waals surface area contributed by atoms with Crippen LogP contribution in [-0.4, -0.2) is 49.0 Å². The Bertz CT molecular complexity index is 532. The fourth-order valence-corrected chi connectivity index (χ4v) is 3.64. The molecule has 142 valence electrons. The van der Waals surface area contributed by atoms with Gasteiger partial charge in [0.05, 0.1) is 12.1 Å². The highest BCUT2D eigenvalue weighted by Crippen LogP contribution is 2.30. The Balaban J connectivity index is 1.77. The van der Waals surface area contributed by atoms with Crippen LogP contribution in [0.1, 0.15) is 45.4 Å². The van der Waals surface area contributed by atoms with Crippen LogP contribution in [0.4, 0.5) is 4.79 Å². The monoisotopic (exact) mass is 373 g/mol. The van der Waals surface area contributed by atoms with Gasteiger partial charge < -0.3 is 15.4 Å². The van der Waals surface area contributed by atoms with Crippen LogP contribution in [0.25, 0.3) is 0 Å². The van der Waals surface area contributed by atoms with Crippen molar-refractivity contribution in [3.05, 3.63) is 12.3 Å². The predicted octanol–water partition coefficient (Wildman–Crippen LogP) is 2.67. The fraction of sp³-hybridized carbons (Fsp3) is 0.812. The number of urea groups is 1. The molecule has 0 bridgehead atoms. The minimum Gasteiger partial charge on any atom is -0.352 e. The van der Waals surface area contributed by atoms with Crippen molar-refractivity contribution in [3.63, 3.8) is 0 Å². The van der Waals surface area contributed by atoms with Crippen LogP contribution in [0.3, 0.4) is 0 Å². The molecule has 1 fully saturated rings. The van der Waals surface area contributed by atoms with Gasteiger partial charge in [0.15, 0.2) is 0 Å². The average molecular weight is 373 g/mol. The van der Waals surface area contributed by atoms with Crippen LogP contribution in [0, 0.1) is 0 Å². The van der Waals surface area contributed by atoms with Crippen LogP contribution in [0.15, 0.2) is 12.3 Å². The molecule has 0 saturated carbocycles. The van der Waals surface area contributed by atoms with Gasteiger partial charge in [-0.1, -0.05) is 19.3 Å². The molecule has 0 aromatic heterocycles. The second-order valence-electron chi connectivity index (χ2n) is 6.51. The zero-order valence-corrected chi connectivity index (χ0v) is 15.7. The predicted molar refractivity (Wildman–Crippen MR) is 92.4 cm³/mol. The topological polar surface area (TPSA) is 97.0 Å². The number of ether oxygens (including phenoxy) is 1. The quantitative estimate of drug-likeness (QED) is 0.451. The van der Waals surface area contributed by atoms with E-state index in [0.717, 1.165) is 25.8 Å². The number of carbonyl (C=O) groups is 1. The molecule has 25 heavy (non-hydrogen) atoms. The number of carbonyl (C=O) groups excluding carboxylic acids is 1. The summed E-state index contributed by atoms with van der Waals surface area (Å²) in [7, 11) is -0.971. The van der Waals surface area contributed by atoms with Crippen LogP contribution in [-0.2, 0) is 18.4 Å². The van der Waals surface area contributed by atoms with Crippen molar-refractivity contribution in [3.8, 4) is 0 Å². The number of nitrogens with zero attached hydrogens (tertiary/aromatic N) is 1. The molecule has 2 aliphatic heterocycles. The first-order valence-electron chi connectivity index (χ1n) is 8.89. The van der Waals surface area contributed by atoms with Crippen molar-refractivity contribution in [2.45, 2.75) is 69.9 Å². The highest BCUT2D eigenvalue weighted by molar-refractivity contribution is 7.24. The lowest BCUT2D eigenvalue weighted by atomic mass is 10.1. The van der Waals surface area contributed by atoms with E-state index in [-0.39, 0.29) is 18.2 Å². The standard InChI is InChI=1S/C16H28N3O5P/c1-12-14(24-25(21)22)11-15(23-12)19-10-8-13(18-16(19)20)7-5-3-4-6-9-17-2/h8,10,12-15,17H,3-7,9,11H2,1-2H3,(H,18,20). The van der Waals surface area contributed by atoms with Crippen molar-refractivity contribution in [1.82, 2.24) is 15.5 Å². The molecule has 2 aliphatic rings. The molecule has 2 heterocycles. The zero-order valence-electron chi connectivity index (χ0n) is 14.8. The van der Waals surface area contributed by atoms with E-state index in [1.807, 2.05) is 13.1 Å². The normalized spacial score (nSPS) is 29.0. The molecule has 2 N–H and O–H groups in total. The molecule has 0 aromatic carbocycles. The molecule has 2 amide bonds. The summed E-state index contributed by atoms with van der Waals surface area (Å²) in [6.07, 6.45) is 8.10. The molecule has 9 heteroatoms. The Hall–Kier alpha value is -1.21. The van der Waals surface area contributed by atoms with Gasteiger partial charge in [0.2, 0.25) is 0 Å². The van der Waals surface area contributed by atoms with Gasteiger partial charge in [0, 0.05) is 12.6 Å². The van der Waals surface area contributed by atoms with Gasteiger partial charge in [0.1, 0.15) is 12.3 Å². The summed E-state index contributed by atoms with van der Waals surface area (Å²) >= 11 is 0. The Kier molecular flexibility index (Phi) is 8.09. The molecule has 0 aliphatic carbocycles. The largest absolute Gasteiger partial charge is 0.468 e. The number of nitrogens with one attached hydrogen (secondary N) is 2. The van der Waals surface area contributed by atoms with Gasteiger partial charge >= 0.3 is 13.9 Å². The molecule has 0 radical (unpaired) electrons. The minimum absolute atomic E-state index is 0.0371. The van der Waals surface area contributed by atoms with E-state index in [4.69, 9.17) is 9.26 Å². The molecule has 4 atom stereocenters. The maximum absolute atomic E-state index is 12.3. The van der Waals surface area contributed by atoms with Crippen molar-refractivity contribution in [1.29, 1.82) is 0 Å². The Morgan fingerprint density at radius 3 is 2.80 bits per heavy atom. The summed E-state index contributed by atoms with van der Waals surface area (Å²) < 4.78 is 32.0. The number of rotatable bonds is 10. The third-order valence-corrected chi connectivity index (χ3v) is 5.02. The molecular formula is C16H28N3O5P. The maximum Gasteiger partial charge on any atom is 0.468 e. The Labute approximate surface area is 149 Å². The molecule has 8 nitrogen and oxygen atoms in total. The summed E-state index contributed by atoms with van der Waals surface area (Å²) in [5.74, 6) is 0. The summed E-state index contributed by atoms with van der Waals surface area (Å²) in [6.45, 7) is 2.78. The molecule has 1 saturated heterocycles. The summed E-state index contributed by atoms with van der Waals surface area (Å²) in [4.78, 5) is 13.8. The van der Waals surface area contributed by atoms with Gasteiger partial charge in [-0.3, -0.25) is 9.42 Å². The van der Waals surface area contributed by atoms with Crippen LogP contribution in [0.5, 0.6) is 0 Å². The number of amides is 2. The first kappa shape index (κ1) is 20.1. The first-order chi connectivity index (χ1) is 12.0.